The van der Waals surface area contributed by atoms with Crippen LogP contribution in [0.15, 0.2) is 106 Å². The predicted octanol–water partition coefficient (Wildman–Crippen LogP) is 4.09. The highest BCUT2D eigenvalue weighted by atomic mass is 17.2. The van der Waals surface area contributed by atoms with Crippen molar-refractivity contribution in [1.29, 1.82) is 0 Å². The number of aromatic hydroxyl groups is 2. The number of ether oxygens (including phenoxy) is 1. The largest absolute Gasteiger partial charge is 0.508 e. The number of carbonyl (C=O) groups excluding carboxylic acids is 1. The number of aromatic nitrogens is 2. The van der Waals surface area contributed by atoms with Crippen molar-refractivity contribution in [3.05, 3.63) is 129 Å². The van der Waals surface area contributed by atoms with Crippen molar-refractivity contribution in [2.24, 2.45) is 23.7 Å². The lowest BCUT2D eigenvalue weighted by atomic mass is 9.51. The number of phenolic OH excluding ortho intramolecular Hbond substituents is 2. The first kappa shape index (κ1) is 46.8. The molecule has 3 aliphatic heterocycles. The van der Waals surface area contributed by atoms with Crippen molar-refractivity contribution < 1.29 is 59.5 Å². The summed E-state index contributed by atoms with van der Waals surface area (Å²) in [6.45, 7) is 3.28. The summed E-state index contributed by atoms with van der Waals surface area (Å²) in [6, 6.07) is 12.1. The van der Waals surface area contributed by atoms with Crippen LogP contribution in [-0.4, -0.2) is 119 Å². The van der Waals surface area contributed by atoms with Gasteiger partial charge < -0.3 is 65.1 Å². The van der Waals surface area contributed by atoms with Gasteiger partial charge >= 0.3 is 0 Å². The fourth-order valence-electron chi connectivity index (χ4n) is 13.7. The van der Waals surface area contributed by atoms with Crippen LogP contribution in [0.3, 0.4) is 0 Å². The number of H-pyrrole nitrogens is 1. The molecule has 17 nitrogen and oxygen atoms in total. The van der Waals surface area contributed by atoms with Crippen molar-refractivity contribution in [3.63, 3.8) is 0 Å². The number of benzene rings is 3. The highest BCUT2D eigenvalue weighted by molar-refractivity contribution is 5.93. The van der Waals surface area contributed by atoms with Crippen LogP contribution in [-0.2, 0) is 33.8 Å². The molecule has 72 heavy (non-hydrogen) atoms. The molecule has 3 aromatic heterocycles. The number of carbonyl (C=O) groups is 1. The van der Waals surface area contributed by atoms with Gasteiger partial charge in [-0.25, -0.2) is 9.78 Å². The summed E-state index contributed by atoms with van der Waals surface area (Å²) in [5.41, 5.74) is -0.720. The summed E-state index contributed by atoms with van der Waals surface area (Å²) in [5.74, 6) is -0.798. The van der Waals surface area contributed by atoms with E-state index in [9.17, 15) is 45.3 Å². The molecule has 12 atom stereocenters. The van der Waals surface area contributed by atoms with E-state index in [2.05, 4.69) is 39.3 Å². The van der Waals surface area contributed by atoms with Gasteiger partial charge in [-0.2, -0.15) is 0 Å². The van der Waals surface area contributed by atoms with Crippen LogP contribution in [0.5, 0.6) is 17.2 Å². The smallest absolute Gasteiger partial charge is 0.220 e. The molecular formula is C55H58N4O13. The Morgan fingerprint density at radius 3 is 2.60 bits per heavy atom. The molecule has 3 aliphatic carbocycles. The Kier molecular flexibility index (Phi) is 11.0. The lowest BCUT2D eigenvalue weighted by molar-refractivity contribution is -0.428. The number of nitrogens with one attached hydrogen (secondary N) is 3. The number of aryl methyl sites for hydroxylation is 2. The van der Waals surface area contributed by atoms with E-state index in [0.29, 0.717) is 63.0 Å². The Labute approximate surface area is 412 Å². The van der Waals surface area contributed by atoms with Crippen LogP contribution in [0.1, 0.15) is 48.8 Å². The number of aliphatic hydroxyl groups is 5. The normalized spacial score (nSPS) is 29.5. The molecule has 5 bridgehead atoms. The number of hydrogen-bond donors (Lipinski definition) is 10. The first-order valence-corrected chi connectivity index (χ1v) is 24.8. The van der Waals surface area contributed by atoms with Crippen molar-refractivity contribution in [1.82, 2.24) is 20.2 Å². The minimum Gasteiger partial charge on any atom is -0.508 e. The van der Waals surface area contributed by atoms with Gasteiger partial charge in [0.15, 0.2) is 28.0 Å². The minimum atomic E-state index is -2.60. The second-order valence-corrected chi connectivity index (χ2v) is 20.7. The van der Waals surface area contributed by atoms with Gasteiger partial charge in [-0.3, -0.25) is 9.59 Å². The van der Waals surface area contributed by atoms with Gasteiger partial charge in [-0.05, 0) is 104 Å². The molecule has 12 unspecified atom stereocenters. The summed E-state index contributed by atoms with van der Waals surface area (Å²) in [5, 5.41) is 89.2. The maximum absolute atomic E-state index is 14.1. The molecule has 1 amide bonds. The third-order valence-electron chi connectivity index (χ3n) is 17.1. The van der Waals surface area contributed by atoms with Crippen LogP contribution in [0.25, 0.3) is 38.3 Å². The zero-order valence-corrected chi connectivity index (χ0v) is 40.0. The van der Waals surface area contributed by atoms with E-state index in [1.165, 1.54) is 36.4 Å². The molecule has 6 aliphatic rings. The summed E-state index contributed by atoms with van der Waals surface area (Å²) in [7, 11) is 1.87. The van der Waals surface area contributed by atoms with Crippen LogP contribution >= 0.6 is 0 Å². The average molecular weight is 983 g/mol. The van der Waals surface area contributed by atoms with Gasteiger partial charge in [0, 0.05) is 84.2 Å². The van der Waals surface area contributed by atoms with Crippen LogP contribution < -0.4 is 20.8 Å². The Morgan fingerprint density at radius 1 is 1.00 bits per heavy atom. The minimum absolute atomic E-state index is 0.0626. The number of aliphatic hydroxyl groups excluding tert-OH is 4. The fraction of sp³-hybridized carbons (Fsp3) is 0.418. The van der Waals surface area contributed by atoms with Gasteiger partial charge in [0.2, 0.25) is 5.91 Å². The average Bonchev–Trinajstić information content (AvgIpc) is 4.08. The van der Waals surface area contributed by atoms with E-state index in [-0.39, 0.29) is 60.4 Å². The Morgan fingerprint density at radius 2 is 1.83 bits per heavy atom. The second-order valence-electron chi connectivity index (χ2n) is 20.7. The van der Waals surface area contributed by atoms with Crippen molar-refractivity contribution in [2.45, 2.75) is 99.6 Å². The number of fused-ring (bicyclic) bond motifs is 6. The van der Waals surface area contributed by atoms with Gasteiger partial charge in [0.25, 0.3) is 0 Å². The molecule has 10 N–H and O–H groups in total. The Balaban J connectivity index is 1.11. The van der Waals surface area contributed by atoms with Crippen molar-refractivity contribution in [3.8, 4) is 22.9 Å². The number of allylic oxidation sites excluding steroid dienone is 1. The van der Waals surface area contributed by atoms with E-state index in [1.54, 1.807) is 19.1 Å². The lowest BCUT2D eigenvalue weighted by Crippen LogP contribution is -2.71. The van der Waals surface area contributed by atoms with Crippen molar-refractivity contribution >= 4 is 38.6 Å². The molecule has 6 heterocycles. The van der Waals surface area contributed by atoms with Gasteiger partial charge in [-0.1, -0.05) is 36.8 Å². The molecule has 2 saturated heterocycles. The topological polar surface area (TPSA) is 261 Å². The second kappa shape index (κ2) is 16.9. The van der Waals surface area contributed by atoms with Crippen LogP contribution in [0.4, 0.5) is 0 Å². The van der Waals surface area contributed by atoms with E-state index in [0.717, 1.165) is 27.7 Å². The zero-order valence-electron chi connectivity index (χ0n) is 40.0. The molecule has 1 spiro atoms. The van der Waals surface area contributed by atoms with Crippen molar-refractivity contribution in [2.75, 3.05) is 20.2 Å². The summed E-state index contributed by atoms with van der Waals surface area (Å²) in [6.07, 6.45) is 5.13. The quantitative estimate of drug-likeness (QED) is 0.0648. The predicted molar refractivity (Wildman–Crippen MR) is 264 cm³/mol. The maximum Gasteiger partial charge on any atom is 0.220 e. The van der Waals surface area contributed by atoms with Gasteiger partial charge in [-0.15, -0.1) is 0 Å². The number of aromatic amines is 1. The SMILES string of the molecule is CCc1c2cc[nH]c2cn1-c1c2c(cc3c(=O)cc(C)oc13)CC1OOC3(C(O)(Cc4ccc(O)c5ccc(O)cc45)C(O)C(O)C(O)CO)C=CC4=C(CC3)C3C(C5CNC(=O)C5)C=CC(C4NC)C13O2. The van der Waals surface area contributed by atoms with Crippen LogP contribution in [0.2, 0.25) is 0 Å². The molecule has 17 heteroatoms. The molecular weight excluding hydrogens is 925 g/mol. The van der Waals surface area contributed by atoms with Crippen LogP contribution in [0, 0.1) is 30.6 Å². The summed E-state index contributed by atoms with van der Waals surface area (Å²) < 4.78 is 16.6. The molecule has 12 rings (SSSR count). The number of rotatable bonds is 11. The number of amides is 1. The van der Waals surface area contributed by atoms with Gasteiger partial charge in [0.05, 0.1) is 17.5 Å². The third kappa shape index (κ3) is 6.61. The molecule has 6 aromatic rings. The number of phenols is 2. The van der Waals surface area contributed by atoms with E-state index in [4.69, 9.17) is 18.9 Å². The lowest BCUT2D eigenvalue weighted by Gasteiger charge is -2.60. The zero-order chi connectivity index (χ0) is 50.2. The Bertz CT molecular complexity index is 3370. The molecule has 0 saturated carbocycles. The van der Waals surface area contributed by atoms with E-state index < -0.39 is 72.1 Å². The Hall–Kier alpha value is -6.28. The van der Waals surface area contributed by atoms with E-state index in [1.807, 2.05) is 31.6 Å². The standard InChI is InChI=1S/C55H58N4O13/c1-4-40-35-13-16-57-39(35)24-59(40)48-50-28(18-37-42(63)17-26(2)69-51(37)48)19-44-55(70-50)38-9-8-31(29-20-45(65)58-23-29)46(55)33-11-14-53(72-71-44,15-12-34(33)47(38)56-3)54(68,52(67)49(66)43(64)25-60)22-27-5-10-41(62)32-7-6-30(61)21-36(27)32/h5-10,12-13,15-18,21,24,29,31,38,43-44,46-47,49,52,56-57,60-62,64,66-68H,4,11,14,19-20,22-23,25H2,1-3H3,(H,58,65). The number of likely N-dealkylation sites (N-methyl/N-ethyl adjacent to an activating group) is 1. The highest BCUT2D eigenvalue weighted by Gasteiger charge is 2.69. The summed E-state index contributed by atoms with van der Waals surface area (Å²) in [4.78, 5) is 44.5. The number of hydrogen-bond acceptors (Lipinski definition) is 14. The maximum atomic E-state index is 14.1. The van der Waals surface area contributed by atoms with Gasteiger partial charge in [0.1, 0.15) is 53.0 Å². The third-order valence-corrected chi connectivity index (χ3v) is 17.1. The molecule has 376 valence electrons. The molecule has 2 fully saturated rings. The fourth-order valence-corrected chi connectivity index (χ4v) is 13.7. The van der Waals surface area contributed by atoms with E-state index >= 15 is 0 Å². The monoisotopic (exact) mass is 982 g/mol. The molecule has 0 radical (unpaired) electrons. The highest BCUT2D eigenvalue weighted by Crippen LogP contribution is 2.62. The summed E-state index contributed by atoms with van der Waals surface area (Å²) >= 11 is 0. The first-order valence-electron chi connectivity index (χ1n) is 24.8. The molecule has 3 aromatic carbocycles. The number of nitrogens with zero attached hydrogens (tertiary/aromatic N) is 1. The first-order chi connectivity index (χ1) is 34.6.